The van der Waals surface area contributed by atoms with Crippen molar-refractivity contribution in [3.8, 4) is 0 Å². The maximum absolute atomic E-state index is 9.15. The summed E-state index contributed by atoms with van der Waals surface area (Å²) in [5.74, 6) is 0. The Bertz CT molecular complexity index is 128. The topological polar surface area (TPSA) is 43.7 Å². The molecule has 2 N–H and O–H groups in total. The molecule has 0 amide bonds. The number of rotatable bonds is 3. The van der Waals surface area contributed by atoms with Crippen molar-refractivity contribution in [3.05, 3.63) is 12.7 Å². The molecule has 3 nitrogen and oxygen atoms in total. The number of nitrogens with zero attached hydrogens (tertiary/aromatic N) is 1. The Morgan fingerprint density at radius 1 is 1.36 bits per heavy atom. The molecule has 0 aliphatic carbocycles. The van der Waals surface area contributed by atoms with Crippen molar-refractivity contribution in [1.29, 1.82) is 0 Å². The van der Waals surface area contributed by atoms with Gasteiger partial charge in [0, 0.05) is 19.6 Å². The van der Waals surface area contributed by atoms with E-state index in [1.165, 1.54) is 0 Å². The van der Waals surface area contributed by atoms with Crippen molar-refractivity contribution < 1.29 is 10.2 Å². The predicted molar refractivity (Wildman–Crippen MR) is 43.3 cm³/mol. The van der Waals surface area contributed by atoms with Gasteiger partial charge in [-0.1, -0.05) is 6.08 Å². The second-order valence-electron chi connectivity index (χ2n) is 2.97. The van der Waals surface area contributed by atoms with Gasteiger partial charge in [-0.2, -0.15) is 0 Å². The molecule has 0 aromatic rings. The van der Waals surface area contributed by atoms with Crippen LogP contribution in [0.1, 0.15) is 6.42 Å². The van der Waals surface area contributed by atoms with Crippen LogP contribution in [0.2, 0.25) is 0 Å². The van der Waals surface area contributed by atoms with Gasteiger partial charge >= 0.3 is 0 Å². The molecule has 64 valence electrons. The van der Waals surface area contributed by atoms with Crippen LogP contribution in [0.3, 0.4) is 0 Å². The SMILES string of the molecule is C=CCCN1C[C@@H](O)[C@@H](O)C1. The summed E-state index contributed by atoms with van der Waals surface area (Å²) in [5.41, 5.74) is 0. The number of hydrogen-bond acceptors (Lipinski definition) is 3. The molecule has 1 rings (SSSR count). The lowest BCUT2D eigenvalue weighted by Gasteiger charge is -2.11. The summed E-state index contributed by atoms with van der Waals surface area (Å²) in [5, 5.41) is 18.3. The minimum absolute atomic E-state index is 0.556. The van der Waals surface area contributed by atoms with Crippen LogP contribution in [0, 0.1) is 0 Å². The van der Waals surface area contributed by atoms with E-state index in [4.69, 9.17) is 10.2 Å². The molecule has 1 aliphatic rings. The van der Waals surface area contributed by atoms with Gasteiger partial charge < -0.3 is 10.2 Å². The molecule has 1 fully saturated rings. The Labute approximate surface area is 66.9 Å². The van der Waals surface area contributed by atoms with Crippen LogP contribution < -0.4 is 0 Å². The smallest absolute Gasteiger partial charge is 0.0938 e. The van der Waals surface area contributed by atoms with Crippen molar-refractivity contribution in [2.24, 2.45) is 0 Å². The highest BCUT2D eigenvalue weighted by Crippen LogP contribution is 2.09. The first-order valence-electron chi connectivity index (χ1n) is 3.93. The third kappa shape index (κ3) is 2.29. The molecule has 1 aliphatic heterocycles. The largest absolute Gasteiger partial charge is 0.389 e. The van der Waals surface area contributed by atoms with E-state index in [-0.39, 0.29) is 0 Å². The van der Waals surface area contributed by atoms with E-state index in [9.17, 15) is 0 Å². The summed E-state index contributed by atoms with van der Waals surface area (Å²) >= 11 is 0. The molecular formula is C8H15NO2. The summed E-state index contributed by atoms with van der Waals surface area (Å²) in [7, 11) is 0. The second kappa shape index (κ2) is 3.85. The van der Waals surface area contributed by atoms with Gasteiger partial charge in [-0.3, -0.25) is 4.90 Å². The summed E-state index contributed by atoms with van der Waals surface area (Å²) in [6.07, 6.45) is 1.65. The summed E-state index contributed by atoms with van der Waals surface area (Å²) < 4.78 is 0. The van der Waals surface area contributed by atoms with Gasteiger partial charge in [-0.25, -0.2) is 0 Å². The molecule has 0 unspecified atom stereocenters. The molecule has 1 heterocycles. The van der Waals surface area contributed by atoms with Crippen LogP contribution in [0.15, 0.2) is 12.7 Å². The number of aliphatic hydroxyl groups excluding tert-OH is 2. The number of likely N-dealkylation sites (tertiary alicyclic amines) is 1. The minimum Gasteiger partial charge on any atom is -0.389 e. The van der Waals surface area contributed by atoms with Crippen molar-refractivity contribution in [3.63, 3.8) is 0 Å². The first kappa shape index (κ1) is 8.71. The molecule has 0 aromatic heterocycles. The van der Waals surface area contributed by atoms with E-state index in [1.807, 2.05) is 11.0 Å². The first-order valence-corrected chi connectivity index (χ1v) is 3.93. The molecule has 0 bridgehead atoms. The molecule has 11 heavy (non-hydrogen) atoms. The van der Waals surface area contributed by atoms with E-state index in [1.54, 1.807) is 0 Å². The standard InChI is InChI=1S/C8H15NO2/c1-2-3-4-9-5-7(10)8(11)6-9/h2,7-8,10-11H,1,3-6H2/t7-,8+. The van der Waals surface area contributed by atoms with Gasteiger partial charge in [0.15, 0.2) is 0 Å². The van der Waals surface area contributed by atoms with Gasteiger partial charge in [0.05, 0.1) is 12.2 Å². The summed E-state index contributed by atoms with van der Waals surface area (Å²) in [6, 6.07) is 0. The van der Waals surface area contributed by atoms with Crippen LogP contribution in [-0.4, -0.2) is 47.0 Å². The Hall–Kier alpha value is -0.380. The van der Waals surface area contributed by atoms with Crippen LogP contribution in [0.25, 0.3) is 0 Å². The molecule has 1 saturated heterocycles. The number of β-amino-alcohol motifs (C(OH)–C–C–N with tert-alkyl or cyclic N) is 2. The monoisotopic (exact) mass is 157 g/mol. The van der Waals surface area contributed by atoms with E-state index < -0.39 is 12.2 Å². The van der Waals surface area contributed by atoms with Crippen molar-refractivity contribution in [2.75, 3.05) is 19.6 Å². The summed E-state index contributed by atoms with van der Waals surface area (Å²) in [6.45, 7) is 5.68. The van der Waals surface area contributed by atoms with Crippen molar-refractivity contribution in [1.82, 2.24) is 4.90 Å². The van der Waals surface area contributed by atoms with Gasteiger partial charge in [0.2, 0.25) is 0 Å². The van der Waals surface area contributed by atoms with Gasteiger partial charge in [0.25, 0.3) is 0 Å². The van der Waals surface area contributed by atoms with Crippen LogP contribution in [0.4, 0.5) is 0 Å². The van der Waals surface area contributed by atoms with E-state index in [0.717, 1.165) is 13.0 Å². The predicted octanol–water partition coefficient (Wildman–Crippen LogP) is -0.400. The van der Waals surface area contributed by atoms with E-state index >= 15 is 0 Å². The fraction of sp³-hybridized carbons (Fsp3) is 0.750. The molecule has 0 radical (unpaired) electrons. The number of aliphatic hydroxyl groups is 2. The highest BCUT2D eigenvalue weighted by atomic mass is 16.3. The molecule has 0 aromatic carbocycles. The van der Waals surface area contributed by atoms with Gasteiger partial charge in [-0.15, -0.1) is 6.58 Å². The summed E-state index contributed by atoms with van der Waals surface area (Å²) in [4.78, 5) is 2.04. The zero-order valence-corrected chi connectivity index (χ0v) is 6.61. The lowest BCUT2D eigenvalue weighted by molar-refractivity contribution is 0.0572. The highest BCUT2D eigenvalue weighted by Gasteiger charge is 2.28. The molecule has 3 heteroatoms. The van der Waals surface area contributed by atoms with E-state index in [0.29, 0.717) is 13.1 Å². The number of hydrogen-bond donors (Lipinski definition) is 2. The maximum Gasteiger partial charge on any atom is 0.0938 e. The Morgan fingerprint density at radius 2 is 1.91 bits per heavy atom. The Kier molecular flexibility index (Phi) is 3.05. The van der Waals surface area contributed by atoms with Gasteiger partial charge in [0.1, 0.15) is 0 Å². The molecule has 0 saturated carbocycles. The van der Waals surface area contributed by atoms with Crippen LogP contribution in [0.5, 0.6) is 0 Å². The van der Waals surface area contributed by atoms with Crippen molar-refractivity contribution >= 4 is 0 Å². The third-order valence-electron chi connectivity index (χ3n) is 1.98. The van der Waals surface area contributed by atoms with E-state index in [2.05, 4.69) is 6.58 Å². The average molecular weight is 157 g/mol. The zero-order chi connectivity index (χ0) is 8.27. The Balaban J connectivity index is 2.23. The molecule has 0 spiro atoms. The quantitative estimate of drug-likeness (QED) is 0.548. The van der Waals surface area contributed by atoms with Crippen LogP contribution in [-0.2, 0) is 0 Å². The first-order chi connectivity index (χ1) is 5.24. The normalized spacial score (nSPS) is 32.5. The Morgan fingerprint density at radius 3 is 2.36 bits per heavy atom. The van der Waals surface area contributed by atoms with Crippen LogP contribution >= 0.6 is 0 Å². The lowest BCUT2D eigenvalue weighted by Crippen LogP contribution is -2.22. The highest BCUT2D eigenvalue weighted by molar-refractivity contribution is 4.84. The maximum atomic E-state index is 9.15. The zero-order valence-electron chi connectivity index (χ0n) is 6.61. The van der Waals surface area contributed by atoms with Crippen molar-refractivity contribution in [2.45, 2.75) is 18.6 Å². The van der Waals surface area contributed by atoms with Gasteiger partial charge in [-0.05, 0) is 6.42 Å². The average Bonchev–Trinajstić information content (AvgIpc) is 2.28. The minimum atomic E-state index is -0.556. The third-order valence-corrected chi connectivity index (χ3v) is 1.98. The molecule has 2 atom stereocenters. The second-order valence-corrected chi connectivity index (χ2v) is 2.97. The fourth-order valence-corrected chi connectivity index (χ4v) is 1.30. The fourth-order valence-electron chi connectivity index (χ4n) is 1.30. The lowest BCUT2D eigenvalue weighted by atomic mass is 10.3. The molecular weight excluding hydrogens is 142 g/mol.